The number of alkyl halides is 3. The lowest BCUT2D eigenvalue weighted by Crippen LogP contribution is -2.50. The topological polar surface area (TPSA) is 66.6 Å². The Morgan fingerprint density at radius 2 is 2.05 bits per heavy atom. The van der Waals surface area contributed by atoms with Gasteiger partial charge in [-0.3, -0.25) is 9.69 Å². The van der Waals surface area contributed by atoms with Gasteiger partial charge in [-0.25, -0.2) is 0 Å². The van der Waals surface area contributed by atoms with Gasteiger partial charge in [0.1, 0.15) is 5.54 Å². The second kappa shape index (κ2) is 5.31. The zero-order valence-electron chi connectivity index (χ0n) is 11.5. The van der Waals surface area contributed by atoms with E-state index in [1.54, 1.807) is 17.9 Å². The minimum absolute atomic E-state index is 0.0374. The molecule has 116 valence electrons. The molecule has 1 aromatic rings. The Balaban J connectivity index is 2.27. The van der Waals surface area contributed by atoms with Gasteiger partial charge in [-0.2, -0.15) is 13.2 Å². The molecule has 0 saturated carbocycles. The summed E-state index contributed by atoms with van der Waals surface area (Å²) in [4.78, 5) is 12.8. The number of nitrogens with two attached hydrogens (primary N) is 1. The highest BCUT2D eigenvalue weighted by molar-refractivity contribution is 5.79. The number of rotatable bonds is 3. The highest BCUT2D eigenvalue weighted by atomic mass is 19.4. The molecule has 1 aliphatic heterocycles. The first-order valence-electron chi connectivity index (χ1n) is 6.57. The molecular weight excluding hydrogens is 285 g/mol. The van der Waals surface area contributed by atoms with Crippen LogP contribution >= 0.6 is 0 Å². The van der Waals surface area contributed by atoms with Crippen molar-refractivity contribution < 1.29 is 23.1 Å². The quantitative estimate of drug-likeness (QED) is 0.899. The van der Waals surface area contributed by atoms with Crippen LogP contribution in [0.1, 0.15) is 30.5 Å². The highest BCUT2D eigenvalue weighted by Crippen LogP contribution is 2.37. The van der Waals surface area contributed by atoms with Crippen molar-refractivity contribution in [3.63, 3.8) is 0 Å². The number of nitrogens with zero attached hydrogens (tertiary/aromatic N) is 1. The lowest BCUT2D eigenvalue weighted by molar-refractivity contribution is -0.143. The van der Waals surface area contributed by atoms with E-state index in [0.717, 1.165) is 6.07 Å². The number of carboxylic acid groups (broad SMARTS) is 1. The van der Waals surface area contributed by atoms with Crippen LogP contribution < -0.4 is 5.73 Å². The van der Waals surface area contributed by atoms with Gasteiger partial charge in [0.25, 0.3) is 0 Å². The summed E-state index contributed by atoms with van der Waals surface area (Å²) < 4.78 is 39.1. The minimum Gasteiger partial charge on any atom is -0.480 e. The zero-order valence-corrected chi connectivity index (χ0v) is 11.5. The third kappa shape index (κ3) is 3.03. The van der Waals surface area contributed by atoms with Crippen molar-refractivity contribution >= 4 is 5.97 Å². The third-order valence-corrected chi connectivity index (χ3v) is 4.02. The molecule has 3 N–H and O–H groups in total. The lowest BCUT2D eigenvalue weighted by atomic mass is 9.99. The minimum atomic E-state index is -4.43. The van der Waals surface area contributed by atoms with E-state index in [-0.39, 0.29) is 18.5 Å². The molecule has 0 aliphatic carbocycles. The summed E-state index contributed by atoms with van der Waals surface area (Å²) in [5.74, 6) is -1.12. The fraction of sp³-hybridized carbons (Fsp3) is 0.500. The normalized spacial score (nSPS) is 25.0. The molecular formula is C14H17F3N2O2. The fourth-order valence-corrected chi connectivity index (χ4v) is 2.68. The second-order valence-corrected chi connectivity index (χ2v) is 5.44. The molecule has 7 heteroatoms. The SMILES string of the molecule is CC(c1ccccc1C(F)(F)F)N1CCC(N)(C(=O)O)C1. The molecule has 0 spiro atoms. The average Bonchev–Trinajstić information content (AvgIpc) is 2.81. The van der Waals surface area contributed by atoms with E-state index >= 15 is 0 Å². The summed E-state index contributed by atoms with van der Waals surface area (Å²) in [7, 11) is 0. The van der Waals surface area contributed by atoms with E-state index in [1.165, 1.54) is 12.1 Å². The van der Waals surface area contributed by atoms with Crippen molar-refractivity contribution in [1.29, 1.82) is 0 Å². The van der Waals surface area contributed by atoms with Crippen LogP contribution in [0, 0.1) is 0 Å². The number of hydrogen-bond acceptors (Lipinski definition) is 3. The number of hydrogen-bond donors (Lipinski definition) is 2. The van der Waals surface area contributed by atoms with Crippen molar-refractivity contribution in [3.05, 3.63) is 35.4 Å². The molecule has 1 aromatic carbocycles. The zero-order chi connectivity index (χ0) is 15.8. The first kappa shape index (κ1) is 15.8. The maximum absolute atomic E-state index is 13.0. The Kier molecular flexibility index (Phi) is 3.99. The molecule has 21 heavy (non-hydrogen) atoms. The van der Waals surface area contributed by atoms with Crippen LogP contribution in [-0.4, -0.2) is 34.6 Å². The molecule has 2 unspecified atom stereocenters. The van der Waals surface area contributed by atoms with E-state index in [2.05, 4.69) is 0 Å². The fourth-order valence-electron chi connectivity index (χ4n) is 2.68. The standard InChI is InChI=1S/C14H17F3N2O2/c1-9(19-7-6-13(18,8-19)12(20)21)10-4-2-3-5-11(10)14(15,16)17/h2-5,9H,6-8,18H2,1H3,(H,20,21). The summed E-state index contributed by atoms with van der Waals surface area (Å²) in [6.45, 7) is 2.03. The smallest absolute Gasteiger partial charge is 0.416 e. The highest BCUT2D eigenvalue weighted by Gasteiger charge is 2.44. The van der Waals surface area contributed by atoms with Crippen molar-refractivity contribution in [1.82, 2.24) is 4.90 Å². The lowest BCUT2D eigenvalue weighted by Gasteiger charge is -2.28. The largest absolute Gasteiger partial charge is 0.480 e. The molecule has 0 bridgehead atoms. The van der Waals surface area contributed by atoms with Crippen LogP contribution in [0.25, 0.3) is 0 Å². The number of benzene rings is 1. The predicted molar refractivity (Wildman–Crippen MR) is 70.6 cm³/mol. The van der Waals surface area contributed by atoms with Gasteiger partial charge in [0.15, 0.2) is 0 Å². The third-order valence-electron chi connectivity index (χ3n) is 4.02. The van der Waals surface area contributed by atoms with Crippen LogP contribution in [0.2, 0.25) is 0 Å². The predicted octanol–water partition coefficient (Wildman–Crippen LogP) is 2.25. The van der Waals surface area contributed by atoms with Gasteiger partial charge in [0.05, 0.1) is 5.56 Å². The van der Waals surface area contributed by atoms with Crippen molar-refractivity contribution in [2.24, 2.45) is 5.73 Å². The molecule has 1 saturated heterocycles. The van der Waals surface area contributed by atoms with Crippen molar-refractivity contribution in [2.75, 3.05) is 13.1 Å². The molecule has 2 atom stereocenters. The molecule has 4 nitrogen and oxygen atoms in total. The van der Waals surface area contributed by atoms with Gasteiger partial charge in [-0.15, -0.1) is 0 Å². The van der Waals surface area contributed by atoms with Crippen LogP contribution in [0.15, 0.2) is 24.3 Å². The summed E-state index contributed by atoms with van der Waals surface area (Å²) >= 11 is 0. The first-order valence-corrected chi connectivity index (χ1v) is 6.57. The summed E-state index contributed by atoms with van der Waals surface area (Å²) in [5, 5.41) is 9.09. The van der Waals surface area contributed by atoms with Gasteiger partial charge < -0.3 is 10.8 Å². The first-order chi connectivity index (χ1) is 9.65. The maximum Gasteiger partial charge on any atom is 0.416 e. The second-order valence-electron chi connectivity index (χ2n) is 5.44. The van der Waals surface area contributed by atoms with E-state index in [1.807, 2.05) is 0 Å². The monoisotopic (exact) mass is 302 g/mol. The van der Waals surface area contributed by atoms with Crippen LogP contribution in [0.5, 0.6) is 0 Å². The number of carbonyl (C=O) groups is 1. The molecule has 0 amide bonds. The van der Waals surface area contributed by atoms with Crippen LogP contribution in [0.3, 0.4) is 0 Å². The van der Waals surface area contributed by atoms with E-state index in [9.17, 15) is 18.0 Å². The summed E-state index contributed by atoms with van der Waals surface area (Å²) in [6, 6.07) is 4.80. The Bertz CT molecular complexity index is 547. The van der Waals surface area contributed by atoms with Gasteiger partial charge in [-0.1, -0.05) is 18.2 Å². The summed E-state index contributed by atoms with van der Waals surface area (Å²) in [6.07, 6.45) is -4.21. The molecule has 2 rings (SSSR count). The van der Waals surface area contributed by atoms with Crippen LogP contribution in [0.4, 0.5) is 13.2 Å². The van der Waals surface area contributed by atoms with Gasteiger partial charge in [0, 0.05) is 19.1 Å². The van der Waals surface area contributed by atoms with E-state index in [4.69, 9.17) is 10.8 Å². The van der Waals surface area contributed by atoms with Gasteiger partial charge >= 0.3 is 12.1 Å². The van der Waals surface area contributed by atoms with Gasteiger partial charge in [0.2, 0.25) is 0 Å². The van der Waals surface area contributed by atoms with E-state index in [0.29, 0.717) is 6.54 Å². The van der Waals surface area contributed by atoms with Crippen molar-refractivity contribution in [3.8, 4) is 0 Å². The average molecular weight is 302 g/mol. The Morgan fingerprint density at radius 3 is 2.57 bits per heavy atom. The summed E-state index contributed by atoms with van der Waals surface area (Å²) in [5.41, 5.74) is 3.83. The Hall–Kier alpha value is -1.60. The number of carboxylic acids is 1. The molecule has 0 aromatic heterocycles. The molecule has 1 heterocycles. The van der Waals surface area contributed by atoms with Crippen molar-refractivity contribution in [2.45, 2.75) is 31.1 Å². The van der Waals surface area contributed by atoms with Gasteiger partial charge in [-0.05, 0) is 25.0 Å². The van der Waals surface area contributed by atoms with E-state index < -0.39 is 29.3 Å². The number of aliphatic carboxylic acids is 1. The maximum atomic E-state index is 13.0. The Morgan fingerprint density at radius 1 is 1.43 bits per heavy atom. The van der Waals surface area contributed by atoms with Crippen LogP contribution in [-0.2, 0) is 11.0 Å². The molecule has 1 aliphatic rings. The number of halogens is 3. The Labute approximate surface area is 120 Å². The molecule has 0 radical (unpaired) electrons. The molecule has 1 fully saturated rings. The number of likely N-dealkylation sites (tertiary alicyclic amines) is 1.